The van der Waals surface area contributed by atoms with E-state index in [9.17, 15) is 9.90 Å². The van der Waals surface area contributed by atoms with E-state index in [1.165, 1.54) is 0 Å². The Balaban J connectivity index is 2.49. The quantitative estimate of drug-likeness (QED) is 0.806. The maximum absolute atomic E-state index is 11.8. The van der Waals surface area contributed by atoms with E-state index in [-0.39, 0.29) is 18.6 Å². The first-order chi connectivity index (χ1) is 9.02. The Morgan fingerprint density at radius 3 is 2.84 bits per heavy atom. The number of likely N-dealkylation sites (N-methyl/N-ethyl adjacent to an activating group) is 1. The number of rotatable bonds is 6. The SMILES string of the molecule is CC(O)CCN(C)CC(=O)Nc1ccccc1C#N. The first-order valence-electron chi connectivity index (χ1n) is 6.18. The van der Waals surface area contributed by atoms with E-state index in [0.29, 0.717) is 24.2 Å². The summed E-state index contributed by atoms with van der Waals surface area (Å²) in [5.74, 6) is -0.171. The fourth-order valence-electron chi connectivity index (χ4n) is 1.61. The molecule has 0 heterocycles. The number of hydrogen-bond donors (Lipinski definition) is 2. The van der Waals surface area contributed by atoms with Gasteiger partial charge in [-0.25, -0.2) is 0 Å². The average Bonchev–Trinajstić information content (AvgIpc) is 2.37. The molecule has 0 radical (unpaired) electrons. The second-order valence-corrected chi connectivity index (χ2v) is 4.58. The van der Waals surface area contributed by atoms with Crippen LogP contribution in [-0.2, 0) is 4.79 Å². The highest BCUT2D eigenvalue weighted by molar-refractivity contribution is 5.93. The van der Waals surface area contributed by atoms with Gasteiger partial charge in [0.2, 0.25) is 5.91 Å². The lowest BCUT2D eigenvalue weighted by molar-refractivity contribution is -0.117. The van der Waals surface area contributed by atoms with Crippen molar-refractivity contribution < 1.29 is 9.90 Å². The van der Waals surface area contributed by atoms with Crippen molar-refractivity contribution in [2.75, 3.05) is 25.5 Å². The second kappa shape index (κ2) is 7.52. The van der Waals surface area contributed by atoms with E-state index in [1.807, 2.05) is 18.0 Å². The summed E-state index contributed by atoms with van der Waals surface area (Å²) in [7, 11) is 1.82. The number of hydrogen-bond acceptors (Lipinski definition) is 4. The molecule has 0 aliphatic heterocycles. The molecule has 5 heteroatoms. The van der Waals surface area contributed by atoms with Gasteiger partial charge in [0.25, 0.3) is 0 Å². The molecule has 1 rings (SSSR count). The van der Waals surface area contributed by atoms with Gasteiger partial charge in [-0.05, 0) is 32.5 Å². The third-order valence-corrected chi connectivity index (χ3v) is 2.66. The Hall–Kier alpha value is -1.90. The molecule has 19 heavy (non-hydrogen) atoms. The topological polar surface area (TPSA) is 76.4 Å². The number of nitrogens with zero attached hydrogens (tertiary/aromatic N) is 2. The van der Waals surface area contributed by atoms with Gasteiger partial charge in [-0.15, -0.1) is 0 Å². The zero-order valence-electron chi connectivity index (χ0n) is 11.3. The molecule has 1 amide bonds. The molecule has 0 spiro atoms. The summed E-state index contributed by atoms with van der Waals surface area (Å²) in [6.07, 6.45) is 0.253. The molecule has 0 aliphatic carbocycles. The minimum absolute atomic E-state index is 0.171. The van der Waals surface area contributed by atoms with Crippen molar-refractivity contribution in [2.24, 2.45) is 0 Å². The fraction of sp³-hybridized carbons (Fsp3) is 0.429. The van der Waals surface area contributed by atoms with Crippen LogP contribution in [0.1, 0.15) is 18.9 Å². The van der Waals surface area contributed by atoms with Crippen LogP contribution in [0, 0.1) is 11.3 Å². The van der Waals surface area contributed by atoms with E-state index in [1.54, 1.807) is 31.2 Å². The van der Waals surface area contributed by atoms with Crippen LogP contribution >= 0.6 is 0 Å². The van der Waals surface area contributed by atoms with Crippen LogP contribution in [0.2, 0.25) is 0 Å². The van der Waals surface area contributed by atoms with E-state index in [0.717, 1.165) is 0 Å². The monoisotopic (exact) mass is 261 g/mol. The molecule has 1 atom stereocenters. The standard InChI is InChI=1S/C14H19N3O2/c1-11(18)7-8-17(2)10-14(19)16-13-6-4-3-5-12(13)9-15/h3-6,11,18H,7-8,10H2,1-2H3,(H,16,19). The van der Waals surface area contributed by atoms with Gasteiger partial charge in [0.15, 0.2) is 0 Å². The minimum Gasteiger partial charge on any atom is -0.393 e. The fourth-order valence-corrected chi connectivity index (χ4v) is 1.61. The highest BCUT2D eigenvalue weighted by atomic mass is 16.3. The summed E-state index contributed by atoms with van der Waals surface area (Å²) in [6, 6.07) is 8.92. The van der Waals surface area contributed by atoms with Crippen LogP contribution in [0.3, 0.4) is 0 Å². The molecule has 1 aromatic carbocycles. The van der Waals surface area contributed by atoms with Crippen LogP contribution in [0.5, 0.6) is 0 Å². The largest absolute Gasteiger partial charge is 0.393 e. The lowest BCUT2D eigenvalue weighted by atomic mass is 10.2. The maximum Gasteiger partial charge on any atom is 0.238 e. The van der Waals surface area contributed by atoms with Crippen LogP contribution in [0.25, 0.3) is 0 Å². The Morgan fingerprint density at radius 1 is 1.53 bits per heavy atom. The molecule has 0 saturated carbocycles. The summed E-state index contributed by atoms with van der Waals surface area (Å²) >= 11 is 0. The van der Waals surface area contributed by atoms with Crippen molar-refractivity contribution in [1.29, 1.82) is 5.26 Å². The Kier molecular flexibility index (Phi) is 6.00. The first-order valence-corrected chi connectivity index (χ1v) is 6.18. The predicted octanol–water partition coefficient (Wildman–Crippen LogP) is 1.20. The molecule has 102 valence electrons. The summed E-state index contributed by atoms with van der Waals surface area (Å²) < 4.78 is 0. The maximum atomic E-state index is 11.8. The Bertz CT molecular complexity index is 466. The molecule has 0 aliphatic rings. The van der Waals surface area contributed by atoms with Gasteiger partial charge in [0, 0.05) is 6.54 Å². The van der Waals surface area contributed by atoms with Crippen molar-refractivity contribution >= 4 is 11.6 Å². The summed E-state index contributed by atoms with van der Waals surface area (Å²) in [5, 5.41) is 20.8. The number of nitriles is 1. The van der Waals surface area contributed by atoms with Gasteiger partial charge in [-0.2, -0.15) is 5.26 Å². The Labute approximate surface area is 113 Å². The van der Waals surface area contributed by atoms with Gasteiger partial charge < -0.3 is 10.4 Å². The van der Waals surface area contributed by atoms with Crippen molar-refractivity contribution in [3.05, 3.63) is 29.8 Å². The van der Waals surface area contributed by atoms with Crippen LogP contribution in [-0.4, -0.2) is 42.2 Å². The Morgan fingerprint density at radius 2 is 2.21 bits per heavy atom. The molecule has 0 saturated heterocycles. The van der Waals surface area contributed by atoms with E-state index >= 15 is 0 Å². The van der Waals surface area contributed by atoms with Gasteiger partial charge in [-0.1, -0.05) is 12.1 Å². The molecular weight excluding hydrogens is 242 g/mol. The smallest absolute Gasteiger partial charge is 0.238 e. The number of carbonyl (C=O) groups is 1. The number of amides is 1. The van der Waals surface area contributed by atoms with Gasteiger partial charge in [0.1, 0.15) is 6.07 Å². The molecule has 0 bridgehead atoms. The minimum atomic E-state index is -0.371. The summed E-state index contributed by atoms with van der Waals surface area (Å²) in [4.78, 5) is 13.6. The molecule has 5 nitrogen and oxygen atoms in total. The van der Waals surface area contributed by atoms with Crippen molar-refractivity contribution in [1.82, 2.24) is 4.90 Å². The number of aliphatic hydroxyl groups is 1. The normalized spacial score (nSPS) is 11.9. The van der Waals surface area contributed by atoms with E-state index in [2.05, 4.69) is 5.32 Å². The van der Waals surface area contributed by atoms with Gasteiger partial charge >= 0.3 is 0 Å². The lowest BCUT2D eigenvalue weighted by Gasteiger charge is -2.17. The second-order valence-electron chi connectivity index (χ2n) is 4.58. The zero-order valence-corrected chi connectivity index (χ0v) is 11.3. The number of aliphatic hydroxyl groups excluding tert-OH is 1. The van der Waals surface area contributed by atoms with Crippen LogP contribution < -0.4 is 5.32 Å². The number of anilines is 1. The molecule has 0 fully saturated rings. The van der Waals surface area contributed by atoms with Crippen molar-refractivity contribution in [3.63, 3.8) is 0 Å². The van der Waals surface area contributed by atoms with E-state index < -0.39 is 0 Å². The zero-order chi connectivity index (χ0) is 14.3. The summed E-state index contributed by atoms with van der Waals surface area (Å²) in [6.45, 7) is 2.59. The molecule has 0 aromatic heterocycles. The first kappa shape index (κ1) is 15.2. The molecular formula is C14H19N3O2. The molecule has 1 unspecified atom stereocenters. The van der Waals surface area contributed by atoms with E-state index in [4.69, 9.17) is 5.26 Å². The van der Waals surface area contributed by atoms with Gasteiger partial charge in [-0.3, -0.25) is 9.69 Å². The number of para-hydroxylation sites is 1. The third kappa shape index (κ3) is 5.51. The van der Waals surface area contributed by atoms with Crippen molar-refractivity contribution in [2.45, 2.75) is 19.4 Å². The molecule has 1 aromatic rings. The highest BCUT2D eigenvalue weighted by Gasteiger charge is 2.09. The number of benzene rings is 1. The lowest BCUT2D eigenvalue weighted by Crippen LogP contribution is -2.32. The summed E-state index contributed by atoms with van der Waals surface area (Å²) in [5.41, 5.74) is 0.974. The molecule has 2 N–H and O–H groups in total. The van der Waals surface area contributed by atoms with Crippen LogP contribution in [0.15, 0.2) is 24.3 Å². The number of nitrogens with one attached hydrogen (secondary N) is 1. The highest BCUT2D eigenvalue weighted by Crippen LogP contribution is 2.13. The van der Waals surface area contributed by atoms with Crippen LogP contribution in [0.4, 0.5) is 5.69 Å². The van der Waals surface area contributed by atoms with Gasteiger partial charge in [0.05, 0.1) is 23.9 Å². The predicted molar refractivity (Wildman–Crippen MR) is 73.6 cm³/mol. The average molecular weight is 261 g/mol. The third-order valence-electron chi connectivity index (χ3n) is 2.66. The number of carbonyl (C=O) groups excluding carboxylic acids is 1. The van der Waals surface area contributed by atoms with Crippen molar-refractivity contribution in [3.8, 4) is 6.07 Å².